The molecular weight excluding hydrogens is 293 g/mol. The molecule has 1 N–H and O–H groups in total. The van der Waals surface area contributed by atoms with Gasteiger partial charge in [-0.05, 0) is 42.2 Å². The highest BCUT2D eigenvalue weighted by molar-refractivity contribution is 5.76. The molecular formula is C19H22FNO2. The molecule has 3 nitrogen and oxygen atoms in total. The van der Waals surface area contributed by atoms with Crippen molar-refractivity contribution in [3.8, 4) is 5.75 Å². The molecule has 0 heterocycles. The van der Waals surface area contributed by atoms with Gasteiger partial charge in [-0.2, -0.15) is 0 Å². The predicted molar refractivity (Wildman–Crippen MR) is 89.0 cm³/mol. The second kappa shape index (κ2) is 8.93. The van der Waals surface area contributed by atoms with Crippen molar-refractivity contribution in [3.63, 3.8) is 0 Å². The largest absolute Gasteiger partial charge is 0.492 e. The Labute approximate surface area is 136 Å². The summed E-state index contributed by atoms with van der Waals surface area (Å²) in [4.78, 5) is 11.7. The van der Waals surface area contributed by atoms with Gasteiger partial charge in [0.15, 0.2) is 0 Å². The number of hydrogen-bond donors (Lipinski definition) is 1. The highest BCUT2D eigenvalue weighted by Crippen LogP contribution is 2.12. The molecule has 2 aromatic rings. The Morgan fingerprint density at radius 2 is 1.87 bits per heavy atom. The first kappa shape index (κ1) is 17.0. The van der Waals surface area contributed by atoms with Crippen molar-refractivity contribution in [2.24, 2.45) is 0 Å². The van der Waals surface area contributed by atoms with E-state index in [0.29, 0.717) is 25.1 Å². The van der Waals surface area contributed by atoms with Gasteiger partial charge in [0, 0.05) is 6.42 Å². The third kappa shape index (κ3) is 5.74. The zero-order valence-electron chi connectivity index (χ0n) is 13.3. The average molecular weight is 315 g/mol. The maximum atomic E-state index is 13.4. The average Bonchev–Trinajstić information content (AvgIpc) is 2.58. The van der Waals surface area contributed by atoms with Crippen LogP contribution in [0.4, 0.5) is 4.39 Å². The first-order valence-electron chi connectivity index (χ1n) is 7.91. The fraction of sp³-hybridized carbons (Fsp3) is 0.316. The topological polar surface area (TPSA) is 38.3 Å². The summed E-state index contributed by atoms with van der Waals surface area (Å²) in [5.74, 6) is 0.431. The summed E-state index contributed by atoms with van der Waals surface area (Å²) in [6.07, 6.45) is 1.67. The Hall–Kier alpha value is -2.36. The van der Waals surface area contributed by atoms with E-state index in [1.807, 2.05) is 24.3 Å². The second-order valence-corrected chi connectivity index (χ2v) is 5.29. The Bertz CT molecular complexity index is 626. The lowest BCUT2D eigenvalue weighted by Crippen LogP contribution is -2.28. The van der Waals surface area contributed by atoms with Crippen molar-refractivity contribution in [2.45, 2.75) is 26.2 Å². The molecule has 1 amide bonds. The smallest absolute Gasteiger partial charge is 0.220 e. The molecule has 2 rings (SSSR count). The molecule has 2 aromatic carbocycles. The zero-order chi connectivity index (χ0) is 16.5. The number of nitrogens with one attached hydrogen (secondary N) is 1. The van der Waals surface area contributed by atoms with Gasteiger partial charge in [0.1, 0.15) is 18.2 Å². The maximum Gasteiger partial charge on any atom is 0.220 e. The Balaban J connectivity index is 1.63. The summed E-state index contributed by atoms with van der Waals surface area (Å²) in [5, 5.41) is 2.78. The van der Waals surface area contributed by atoms with Crippen molar-refractivity contribution in [2.75, 3.05) is 13.2 Å². The van der Waals surface area contributed by atoms with Gasteiger partial charge in [0.05, 0.1) is 6.54 Å². The monoisotopic (exact) mass is 315 g/mol. The first-order valence-corrected chi connectivity index (χ1v) is 7.91. The number of carbonyl (C=O) groups excluding carboxylic acids is 1. The molecule has 122 valence electrons. The third-order valence-corrected chi connectivity index (χ3v) is 3.60. The summed E-state index contributed by atoms with van der Waals surface area (Å²) in [6, 6.07) is 14.4. The molecule has 0 aliphatic heterocycles. The van der Waals surface area contributed by atoms with Crippen LogP contribution in [0.3, 0.4) is 0 Å². The van der Waals surface area contributed by atoms with E-state index in [2.05, 4.69) is 12.2 Å². The first-order chi connectivity index (χ1) is 11.2. The standard InChI is InChI=1S/C19H22FNO2/c1-2-15-7-10-17(11-8-15)23-14-13-21-19(22)12-9-16-5-3-4-6-18(16)20/h3-8,10-11H,2,9,12-14H2,1H3,(H,21,22). The van der Waals surface area contributed by atoms with Gasteiger partial charge in [0.2, 0.25) is 5.91 Å². The predicted octanol–water partition coefficient (Wildman–Crippen LogP) is 3.52. The number of ether oxygens (including phenoxy) is 1. The summed E-state index contributed by atoms with van der Waals surface area (Å²) in [7, 11) is 0. The fourth-order valence-electron chi connectivity index (χ4n) is 2.22. The van der Waals surface area contributed by atoms with Gasteiger partial charge in [-0.15, -0.1) is 0 Å². The zero-order valence-corrected chi connectivity index (χ0v) is 13.3. The van der Waals surface area contributed by atoms with Crippen molar-refractivity contribution >= 4 is 5.91 Å². The normalized spacial score (nSPS) is 10.3. The number of carbonyl (C=O) groups is 1. The Morgan fingerprint density at radius 3 is 2.57 bits per heavy atom. The van der Waals surface area contributed by atoms with Crippen LogP contribution in [-0.2, 0) is 17.6 Å². The van der Waals surface area contributed by atoms with E-state index in [-0.39, 0.29) is 18.1 Å². The van der Waals surface area contributed by atoms with E-state index in [4.69, 9.17) is 4.74 Å². The summed E-state index contributed by atoms with van der Waals surface area (Å²) < 4.78 is 19.0. The molecule has 0 saturated carbocycles. The van der Waals surface area contributed by atoms with E-state index in [1.54, 1.807) is 18.2 Å². The van der Waals surface area contributed by atoms with Crippen LogP contribution in [0.15, 0.2) is 48.5 Å². The molecule has 4 heteroatoms. The SMILES string of the molecule is CCc1ccc(OCCNC(=O)CCc2ccccc2F)cc1. The van der Waals surface area contributed by atoms with Gasteiger partial charge in [-0.1, -0.05) is 37.3 Å². The van der Waals surface area contributed by atoms with Gasteiger partial charge < -0.3 is 10.1 Å². The van der Waals surface area contributed by atoms with Crippen LogP contribution in [0.1, 0.15) is 24.5 Å². The van der Waals surface area contributed by atoms with Gasteiger partial charge in [-0.3, -0.25) is 4.79 Å². The second-order valence-electron chi connectivity index (χ2n) is 5.29. The summed E-state index contributed by atoms with van der Waals surface area (Å²) >= 11 is 0. The van der Waals surface area contributed by atoms with Crippen molar-refractivity contribution in [1.29, 1.82) is 0 Å². The molecule has 0 radical (unpaired) electrons. The van der Waals surface area contributed by atoms with Crippen molar-refractivity contribution < 1.29 is 13.9 Å². The van der Waals surface area contributed by atoms with Crippen LogP contribution in [-0.4, -0.2) is 19.1 Å². The van der Waals surface area contributed by atoms with Gasteiger partial charge in [-0.25, -0.2) is 4.39 Å². The fourth-order valence-corrected chi connectivity index (χ4v) is 2.22. The Morgan fingerprint density at radius 1 is 1.13 bits per heavy atom. The van der Waals surface area contributed by atoms with Crippen LogP contribution < -0.4 is 10.1 Å². The lowest BCUT2D eigenvalue weighted by atomic mass is 10.1. The van der Waals surface area contributed by atoms with E-state index in [0.717, 1.165) is 12.2 Å². The number of amides is 1. The molecule has 0 aliphatic rings. The number of halogens is 1. The molecule has 0 unspecified atom stereocenters. The van der Waals surface area contributed by atoms with Crippen LogP contribution in [0.5, 0.6) is 5.75 Å². The van der Waals surface area contributed by atoms with E-state index >= 15 is 0 Å². The van der Waals surface area contributed by atoms with Crippen molar-refractivity contribution in [3.05, 3.63) is 65.5 Å². The van der Waals surface area contributed by atoms with E-state index in [9.17, 15) is 9.18 Å². The maximum absolute atomic E-state index is 13.4. The highest BCUT2D eigenvalue weighted by Gasteiger charge is 2.05. The van der Waals surface area contributed by atoms with Crippen LogP contribution in [0, 0.1) is 5.82 Å². The Kier molecular flexibility index (Phi) is 6.60. The van der Waals surface area contributed by atoms with E-state index < -0.39 is 0 Å². The molecule has 0 bridgehead atoms. The van der Waals surface area contributed by atoms with E-state index in [1.165, 1.54) is 11.6 Å². The summed E-state index contributed by atoms with van der Waals surface area (Å²) in [5.41, 5.74) is 1.83. The summed E-state index contributed by atoms with van der Waals surface area (Å²) in [6.45, 7) is 2.95. The highest BCUT2D eigenvalue weighted by atomic mass is 19.1. The van der Waals surface area contributed by atoms with Gasteiger partial charge in [0.25, 0.3) is 0 Å². The van der Waals surface area contributed by atoms with Crippen LogP contribution in [0.2, 0.25) is 0 Å². The molecule has 0 saturated heterocycles. The van der Waals surface area contributed by atoms with Gasteiger partial charge >= 0.3 is 0 Å². The lowest BCUT2D eigenvalue weighted by molar-refractivity contribution is -0.121. The van der Waals surface area contributed by atoms with Crippen LogP contribution >= 0.6 is 0 Å². The molecule has 0 aromatic heterocycles. The lowest BCUT2D eigenvalue weighted by Gasteiger charge is -2.08. The number of rotatable bonds is 8. The molecule has 23 heavy (non-hydrogen) atoms. The molecule has 0 spiro atoms. The molecule has 0 fully saturated rings. The molecule has 0 aliphatic carbocycles. The van der Waals surface area contributed by atoms with Crippen molar-refractivity contribution in [1.82, 2.24) is 5.32 Å². The molecule has 0 atom stereocenters. The van der Waals surface area contributed by atoms with Crippen LogP contribution in [0.25, 0.3) is 0 Å². The number of benzene rings is 2. The minimum atomic E-state index is -0.265. The third-order valence-electron chi connectivity index (χ3n) is 3.60. The minimum absolute atomic E-state index is 0.0989. The minimum Gasteiger partial charge on any atom is -0.492 e. The number of hydrogen-bond acceptors (Lipinski definition) is 2. The quantitative estimate of drug-likeness (QED) is 0.757. The number of aryl methyl sites for hydroxylation is 2.